The van der Waals surface area contributed by atoms with E-state index in [1.807, 2.05) is 23.1 Å². The number of aryl methyl sites for hydroxylation is 1. The van der Waals surface area contributed by atoms with E-state index in [-0.39, 0.29) is 5.91 Å². The largest absolute Gasteiger partial charge is 0.343 e. The van der Waals surface area contributed by atoms with Gasteiger partial charge in [-0.25, -0.2) is 0 Å². The Labute approximate surface area is 108 Å². The molecule has 1 aliphatic rings. The van der Waals surface area contributed by atoms with Crippen molar-refractivity contribution < 1.29 is 4.79 Å². The lowest BCUT2D eigenvalue weighted by molar-refractivity contribution is -0.127. The van der Waals surface area contributed by atoms with Crippen molar-refractivity contribution in [3.8, 4) is 6.07 Å². The molecule has 1 saturated heterocycles. The van der Waals surface area contributed by atoms with Gasteiger partial charge in [0.15, 0.2) is 0 Å². The zero-order chi connectivity index (χ0) is 13.0. The minimum absolute atomic E-state index is 0.184. The molecule has 0 aliphatic carbocycles. The standard InChI is InChI=1S/C15H18N2O/c1-12(18)17-8-7-14(11-17)6-5-13-3-2-4-15(9-13)10-16/h2-4,9,14H,5-8,11H2,1H3. The van der Waals surface area contributed by atoms with Crippen molar-refractivity contribution in [2.45, 2.75) is 26.2 Å². The number of hydrogen-bond donors (Lipinski definition) is 0. The third-order valence-corrected chi connectivity index (χ3v) is 3.63. The predicted molar refractivity (Wildman–Crippen MR) is 69.8 cm³/mol. The molecule has 94 valence electrons. The number of benzene rings is 1. The quantitative estimate of drug-likeness (QED) is 0.816. The monoisotopic (exact) mass is 242 g/mol. The second-order valence-corrected chi connectivity index (χ2v) is 4.97. The molecule has 2 rings (SSSR count). The maximum Gasteiger partial charge on any atom is 0.219 e. The highest BCUT2D eigenvalue weighted by Crippen LogP contribution is 2.21. The van der Waals surface area contributed by atoms with Gasteiger partial charge in [-0.15, -0.1) is 0 Å². The van der Waals surface area contributed by atoms with Crippen LogP contribution in [0.15, 0.2) is 24.3 Å². The first kappa shape index (κ1) is 12.6. The van der Waals surface area contributed by atoms with Crippen LogP contribution in [0.1, 0.15) is 30.9 Å². The van der Waals surface area contributed by atoms with Gasteiger partial charge in [-0.1, -0.05) is 12.1 Å². The summed E-state index contributed by atoms with van der Waals surface area (Å²) >= 11 is 0. The van der Waals surface area contributed by atoms with Gasteiger partial charge in [0, 0.05) is 20.0 Å². The average molecular weight is 242 g/mol. The van der Waals surface area contributed by atoms with Crippen LogP contribution >= 0.6 is 0 Å². The van der Waals surface area contributed by atoms with Gasteiger partial charge in [-0.05, 0) is 42.9 Å². The summed E-state index contributed by atoms with van der Waals surface area (Å²) in [4.78, 5) is 13.2. The van der Waals surface area contributed by atoms with E-state index in [2.05, 4.69) is 12.1 Å². The number of carbonyl (C=O) groups excluding carboxylic acids is 1. The van der Waals surface area contributed by atoms with Gasteiger partial charge in [-0.3, -0.25) is 4.79 Å². The van der Waals surface area contributed by atoms with Gasteiger partial charge in [0.2, 0.25) is 5.91 Å². The van der Waals surface area contributed by atoms with E-state index in [4.69, 9.17) is 5.26 Å². The van der Waals surface area contributed by atoms with Crippen molar-refractivity contribution in [1.29, 1.82) is 5.26 Å². The highest BCUT2D eigenvalue weighted by molar-refractivity contribution is 5.73. The summed E-state index contributed by atoms with van der Waals surface area (Å²) in [5.41, 5.74) is 1.94. The summed E-state index contributed by atoms with van der Waals surface area (Å²) < 4.78 is 0. The molecule has 1 aliphatic heterocycles. The highest BCUT2D eigenvalue weighted by atomic mass is 16.2. The smallest absolute Gasteiger partial charge is 0.219 e. The molecule has 18 heavy (non-hydrogen) atoms. The van der Waals surface area contributed by atoms with Crippen molar-refractivity contribution in [3.63, 3.8) is 0 Å². The Balaban J connectivity index is 1.85. The summed E-state index contributed by atoms with van der Waals surface area (Å²) in [7, 11) is 0. The van der Waals surface area contributed by atoms with Gasteiger partial charge in [0.25, 0.3) is 0 Å². The molecular weight excluding hydrogens is 224 g/mol. The minimum Gasteiger partial charge on any atom is -0.343 e. The van der Waals surface area contributed by atoms with E-state index in [1.165, 1.54) is 5.56 Å². The summed E-state index contributed by atoms with van der Waals surface area (Å²) in [5, 5.41) is 8.84. The first-order valence-corrected chi connectivity index (χ1v) is 6.43. The summed E-state index contributed by atoms with van der Waals surface area (Å²) in [6, 6.07) is 9.95. The second kappa shape index (κ2) is 5.68. The molecule has 0 saturated carbocycles. The maximum absolute atomic E-state index is 11.2. The predicted octanol–water partition coefficient (Wildman–Crippen LogP) is 2.36. The van der Waals surface area contributed by atoms with Crippen molar-refractivity contribution in [2.75, 3.05) is 13.1 Å². The van der Waals surface area contributed by atoms with Gasteiger partial charge >= 0.3 is 0 Å². The maximum atomic E-state index is 11.2. The molecule has 1 amide bonds. The van der Waals surface area contributed by atoms with E-state index >= 15 is 0 Å². The van der Waals surface area contributed by atoms with Crippen LogP contribution in [-0.2, 0) is 11.2 Å². The van der Waals surface area contributed by atoms with Crippen molar-refractivity contribution in [3.05, 3.63) is 35.4 Å². The minimum atomic E-state index is 0.184. The molecule has 1 aromatic rings. The van der Waals surface area contributed by atoms with Crippen LogP contribution in [0.4, 0.5) is 0 Å². The fourth-order valence-electron chi connectivity index (χ4n) is 2.52. The van der Waals surface area contributed by atoms with E-state index < -0.39 is 0 Å². The lowest BCUT2D eigenvalue weighted by Gasteiger charge is -2.13. The number of nitriles is 1. The van der Waals surface area contributed by atoms with Crippen LogP contribution < -0.4 is 0 Å². The molecular formula is C15H18N2O. The Morgan fingerprint density at radius 2 is 2.39 bits per heavy atom. The van der Waals surface area contributed by atoms with Gasteiger partial charge in [0.05, 0.1) is 11.6 Å². The van der Waals surface area contributed by atoms with E-state index in [0.717, 1.165) is 37.9 Å². The molecule has 1 unspecified atom stereocenters. The van der Waals surface area contributed by atoms with Crippen LogP contribution in [0, 0.1) is 17.2 Å². The molecule has 3 heteroatoms. The second-order valence-electron chi connectivity index (χ2n) is 4.97. The van der Waals surface area contributed by atoms with Crippen molar-refractivity contribution in [1.82, 2.24) is 4.90 Å². The molecule has 0 bridgehead atoms. The number of amides is 1. The third-order valence-electron chi connectivity index (χ3n) is 3.63. The highest BCUT2D eigenvalue weighted by Gasteiger charge is 2.23. The number of likely N-dealkylation sites (tertiary alicyclic amines) is 1. The topological polar surface area (TPSA) is 44.1 Å². The molecule has 1 atom stereocenters. The Bertz CT molecular complexity index is 476. The lowest BCUT2D eigenvalue weighted by Crippen LogP contribution is -2.25. The SMILES string of the molecule is CC(=O)N1CCC(CCc2cccc(C#N)c2)C1. The summed E-state index contributed by atoms with van der Waals surface area (Å²) in [6.07, 6.45) is 3.20. The zero-order valence-corrected chi connectivity index (χ0v) is 10.7. The fraction of sp³-hybridized carbons (Fsp3) is 0.467. The molecule has 1 heterocycles. The van der Waals surface area contributed by atoms with Crippen LogP contribution in [0.2, 0.25) is 0 Å². The number of hydrogen-bond acceptors (Lipinski definition) is 2. The first-order valence-electron chi connectivity index (χ1n) is 6.43. The van der Waals surface area contributed by atoms with E-state index in [0.29, 0.717) is 5.92 Å². The third kappa shape index (κ3) is 3.10. The van der Waals surface area contributed by atoms with Crippen molar-refractivity contribution >= 4 is 5.91 Å². The molecule has 1 aromatic carbocycles. The Morgan fingerprint density at radius 1 is 1.56 bits per heavy atom. The molecule has 0 radical (unpaired) electrons. The molecule has 0 aromatic heterocycles. The Kier molecular flexibility index (Phi) is 3.99. The Morgan fingerprint density at radius 3 is 3.06 bits per heavy atom. The number of rotatable bonds is 3. The van der Waals surface area contributed by atoms with Crippen LogP contribution in [0.5, 0.6) is 0 Å². The summed E-state index contributed by atoms with van der Waals surface area (Å²) in [5.74, 6) is 0.795. The average Bonchev–Trinajstić information content (AvgIpc) is 2.85. The first-order chi connectivity index (χ1) is 8.69. The lowest BCUT2D eigenvalue weighted by atomic mass is 9.98. The molecule has 0 spiro atoms. The van der Waals surface area contributed by atoms with Crippen LogP contribution in [0.25, 0.3) is 0 Å². The Hall–Kier alpha value is -1.82. The van der Waals surface area contributed by atoms with Crippen LogP contribution in [0.3, 0.4) is 0 Å². The van der Waals surface area contributed by atoms with Crippen molar-refractivity contribution in [2.24, 2.45) is 5.92 Å². The van der Waals surface area contributed by atoms with Gasteiger partial charge in [0.1, 0.15) is 0 Å². The summed E-state index contributed by atoms with van der Waals surface area (Å²) in [6.45, 7) is 3.43. The number of carbonyl (C=O) groups is 1. The van der Waals surface area contributed by atoms with Gasteiger partial charge in [-0.2, -0.15) is 5.26 Å². The zero-order valence-electron chi connectivity index (χ0n) is 10.7. The van der Waals surface area contributed by atoms with Crippen LogP contribution in [-0.4, -0.2) is 23.9 Å². The van der Waals surface area contributed by atoms with Gasteiger partial charge < -0.3 is 4.90 Å². The molecule has 1 fully saturated rings. The normalized spacial score (nSPS) is 18.7. The number of nitrogens with zero attached hydrogens (tertiary/aromatic N) is 2. The fourth-order valence-corrected chi connectivity index (χ4v) is 2.52. The van der Waals surface area contributed by atoms with E-state index in [9.17, 15) is 4.79 Å². The molecule has 0 N–H and O–H groups in total. The molecule has 3 nitrogen and oxygen atoms in total. The van der Waals surface area contributed by atoms with E-state index in [1.54, 1.807) is 6.92 Å².